The molecular weight excluding hydrogens is 382 g/mol. The van der Waals surface area contributed by atoms with Gasteiger partial charge in [-0.1, -0.05) is 42.5 Å². The summed E-state index contributed by atoms with van der Waals surface area (Å²) in [6, 6.07) is 27.6. The fraction of sp³-hybridized carbons (Fsp3) is 0.0769. The second kappa shape index (κ2) is 8.71. The molecule has 5 heteroatoms. The lowest BCUT2D eigenvalue weighted by atomic mass is 10.0. The van der Waals surface area contributed by atoms with E-state index in [0.29, 0.717) is 5.69 Å². The van der Waals surface area contributed by atoms with Crippen molar-refractivity contribution in [3.63, 3.8) is 0 Å². The number of azo groups is 1. The first-order valence-electron chi connectivity index (χ1n) is 10.1. The highest BCUT2D eigenvalue weighted by atomic mass is 15.1. The first kappa shape index (κ1) is 20.2. The summed E-state index contributed by atoms with van der Waals surface area (Å²) < 4.78 is 0. The second-order valence-electron chi connectivity index (χ2n) is 7.56. The van der Waals surface area contributed by atoms with Crippen LogP contribution in [-0.2, 0) is 0 Å². The van der Waals surface area contributed by atoms with Gasteiger partial charge in [0.15, 0.2) is 0 Å². The first-order chi connectivity index (χ1) is 15.0. The van der Waals surface area contributed by atoms with Gasteiger partial charge in [0.2, 0.25) is 0 Å². The van der Waals surface area contributed by atoms with E-state index >= 15 is 0 Å². The van der Waals surface area contributed by atoms with Gasteiger partial charge >= 0.3 is 0 Å². The van der Waals surface area contributed by atoms with Crippen molar-refractivity contribution < 1.29 is 0 Å². The van der Waals surface area contributed by atoms with Crippen molar-refractivity contribution in [3.05, 3.63) is 96.1 Å². The van der Waals surface area contributed by atoms with Crippen LogP contribution in [0.15, 0.2) is 95.2 Å². The van der Waals surface area contributed by atoms with E-state index in [1.54, 1.807) is 0 Å². The molecule has 0 fully saturated rings. The third-order valence-electron chi connectivity index (χ3n) is 5.08. The topological polar surface area (TPSA) is 88.8 Å². The molecule has 0 aliphatic heterocycles. The van der Waals surface area contributed by atoms with E-state index < -0.39 is 0 Å². The van der Waals surface area contributed by atoms with E-state index in [4.69, 9.17) is 11.5 Å². The molecule has 0 aliphatic rings. The highest BCUT2D eigenvalue weighted by Gasteiger charge is 2.09. The van der Waals surface area contributed by atoms with Crippen LogP contribution in [0.4, 0.5) is 34.1 Å². The van der Waals surface area contributed by atoms with Crippen LogP contribution in [0, 0.1) is 13.8 Å². The first-order valence-corrected chi connectivity index (χ1v) is 10.1. The number of nitrogens with zero attached hydrogens (tertiary/aromatic N) is 2. The number of para-hydroxylation sites is 1. The minimum Gasteiger partial charge on any atom is -0.399 e. The zero-order valence-electron chi connectivity index (χ0n) is 17.6. The van der Waals surface area contributed by atoms with Crippen LogP contribution in [-0.4, -0.2) is 0 Å². The van der Waals surface area contributed by atoms with Crippen molar-refractivity contribution in [3.8, 4) is 11.1 Å². The monoisotopic (exact) mass is 407 g/mol. The molecule has 4 aromatic carbocycles. The van der Waals surface area contributed by atoms with Gasteiger partial charge in [0.05, 0.1) is 22.7 Å². The Morgan fingerprint density at radius 1 is 0.710 bits per heavy atom. The van der Waals surface area contributed by atoms with Crippen molar-refractivity contribution in [2.75, 3.05) is 16.8 Å². The van der Waals surface area contributed by atoms with Gasteiger partial charge in [-0.25, -0.2) is 0 Å². The Morgan fingerprint density at radius 3 is 2.23 bits per heavy atom. The van der Waals surface area contributed by atoms with Gasteiger partial charge in [-0.15, -0.1) is 5.11 Å². The SMILES string of the molecule is Cc1cccc(N=Nc2cccc(C)c2Nc2cc(-c3ccc(N)cc3)ccc2N)c1. The van der Waals surface area contributed by atoms with E-state index in [-0.39, 0.29) is 0 Å². The zero-order chi connectivity index (χ0) is 21.8. The second-order valence-corrected chi connectivity index (χ2v) is 7.56. The smallest absolute Gasteiger partial charge is 0.109 e. The predicted octanol–water partition coefficient (Wildman–Crippen LogP) is 7.29. The number of nitrogens with one attached hydrogen (secondary N) is 1. The number of hydrogen-bond acceptors (Lipinski definition) is 5. The maximum absolute atomic E-state index is 6.28. The number of nitrogens with two attached hydrogens (primary N) is 2. The maximum atomic E-state index is 6.28. The predicted molar refractivity (Wildman–Crippen MR) is 131 cm³/mol. The van der Waals surface area contributed by atoms with Gasteiger partial charge in [0.1, 0.15) is 5.69 Å². The number of rotatable bonds is 5. The molecule has 0 atom stereocenters. The normalized spacial score (nSPS) is 11.0. The lowest BCUT2D eigenvalue weighted by molar-refractivity contribution is 1.22. The molecule has 154 valence electrons. The van der Waals surface area contributed by atoms with Crippen molar-refractivity contribution in [1.29, 1.82) is 0 Å². The van der Waals surface area contributed by atoms with E-state index in [9.17, 15) is 0 Å². The summed E-state index contributed by atoms with van der Waals surface area (Å²) in [5.41, 5.74) is 21.1. The van der Waals surface area contributed by atoms with Crippen LogP contribution < -0.4 is 16.8 Å². The van der Waals surface area contributed by atoms with Crippen LogP contribution in [0.2, 0.25) is 0 Å². The molecule has 0 bridgehead atoms. The van der Waals surface area contributed by atoms with Crippen molar-refractivity contribution in [2.24, 2.45) is 10.2 Å². The maximum Gasteiger partial charge on any atom is 0.109 e. The Kier molecular flexibility index (Phi) is 5.67. The number of hydrogen-bond donors (Lipinski definition) is 3. The van der Waals surface area contributed by atoms with E-state index in [1.165, 1.54) is 0 Å². The molecule has 4 aromatic rings. The van der Waals surface area contributed by atoms with Crippen LogP contribution in [0.1, 0.15) is 11.1 Å². The number of aryl methyl sites for hydroxylation is 2. The summed E-state index contributed by atoms with van der Waals surface area (Å²) >= 11 is 0. The molecule has 0 radical (unpaired) electrons. The Labute approximate surface area is 182 Å². The Morgan fingerprint density at radius 2 is 1.45 bits per heavy atom. The van der Waals surface area contributed by atoms with Gasteiger partial charge < -0.3 is 16.8 Å². The molecule has 0 aromatic heterocycles. The largest absolute Gasteiger partial charge is 0.399 e. The van der Waals surface area contributed by atoms with Gasteiger partial charge in [-0.05, 0) is 78.6 Å². The Bertz CT molecular complexity index is 1240. The lowest BCUT2D eigenvalue weighted by Crippen LogP contribution is -1.99. The fourth-order valence-electron chi connectivity index (χ4n) is 3.35. The summed E-state index contributed by atoms with van der Waals surface area (Å²) in [6.07, 6.45) is 0. The average Bonchev–Trinajstić information content (AvgIpc) is 2.76. The molecule has 0 amide bonds. The van der Waals surface area contributed by atoms with Crippen molar-refractivity contribution in [1.82, 2.24) is 0 Å². The summed E-state index contributed by atoms with van der Waals surface area (Å²) in [5, 5.41) is 12.4. The van der Waals surface area contributed by atoms with Crippen molar-refractivity contribution in [2.45, 2.75) is 13.8 Å². The van der Waals surface area contributed by atoms with Crippen molar-refractivity contribution >= 4 is 34.1 Å². The summed E-state index contributed by atoms with van der Waals surface area (Å²) in [7, 11) is 0. The van der Waals surface area contributed by atoms with Crippen LogP contribution in [0.3, 0.4) is 0 Å². The quantitative estimate of drug-likeness (QED) is 0.240. The van der Waals surface area contributed by atoms with Gasteiger partial charge in [-0.3, -0.25) is 0 Å². The summed E-state index contributed by atoms with van der Waals surface area (Å²) in [6.45, 7) is 4.07. The average molecular weight is 408 g/mol. The van der Waals surface area contributed by atoms with E-state index in [0.717, 1.165) is 50.7 Å². The van der Waals surface area contributed by atoms with Gasteiger partial charge in [0.25, 0.3) is 0 Å². The fourth-order valence-corrected chi connectivity index (χ4v) is 3.35. The molecular formula is C26H25N5. The lowest BCUT2D eigenvalue weighted by Gasteiger charge is -2.15. The van der Waals surface area contributed by atoms with E-state index in [2.05, 4.69) is 15.5 Å². The molecule has 0 unspecified atom stereocenters. The standard InChI is InChI=1S/C26H25N5/c1-17-5-3-7-22(15-17)30-31-24-8-4-6-18(2)26(24)29-25-16-20(11-14-23(25)28)19-9-12-21(27)13-10-19/h3-16,29H,27-28H2,1-2H3. The minimum atomic E-state index is 0.657. The Hall–Kier alpha value is -4.12. The number of nitrogen functional groups attached to an aromatic ring is 2. The van der Waals surface area contributed by atoms with Crippen LogP contribution in [0.5, 0.6) is 0 Å². The molecule has 31 heavy (non-hydrogen) atoms. The highest BCUT2D eigenvalue weighted by molar-refractivity contribution is 5.83. The molecule has 5 nitrogen and oxygen atoms in total. The molecule has 0 spiro atoms. The summed E-state index contributed by atoms with van der Waals surface area (Å²) in [4.78, 5) is 0. The third-order valence-corrected chi connectivity index (χ3v) is 5.08. The highest BCUT2D eigenvalue weighted by Crippen LogP contribution is 2.36. The van der Waals surface area contributed by atoms with Gasteiger partial charge in [0, 0.05) is 5.69 Å². The minimum absolute atomic E-state index is 0.657. The number of benzene rings is 4. The molecule has 0 aliphatic carbocycles. The molecule has 4 rings (SSSR count). The van der Waals surface area contributed by atoms with Gasteiger partial charge in [-0.2, -0.15) is 5.11 Å². The summed E-state index contributed by atoms with van der Waals surface area (Å²) in [5.74, 6) is 0. The molecule has 0 saturated carbocycles. The molecule has 5 N–H and O–H groups in total. The number of anilines is 4. The third kappa shape index (κ3) is 4.73. The zero-order valence-corrected chi connectivity index (χ0v) is 17.6. The Balaban J connectivity index is 1.68. The molecule has 0 saturated heterocycles. The van der Waals surface area contributed by atoms with Crippen LogP contribution in [0.25, 0.3) is 11.1 Å². The van der Waals surface area contributed by atoms with Crippen LogP contribution >= 0.6 is 0 Å². The van der Waals surface area contributed by atoms with E-state index in [1.807, 2.05) is 98.8 Å². The molecule has 0 heterocycles.